The van der Waals surface area contributed by atoms with Crippen LogP contribution in [-0.2, 0) is 10.2 Å². The summed E-state index contributed by atoms with van der Waals surface area (Å²) in [6.45, 7) is 11.3. The van der Waals surface area contributed by atoms with Gasteiger partial charge in [-0.2, -0.15) is 4.99 Å². The molecule has 11 heteroatoms. The number of morpholine rings is 1. The number of carbonyl (C=O) groups excluding carboxylic acids is 2. The fourth-order valence-corrected chi connectivity index (χ4v) is 5.41. The molecule has 3 N–H and O–H groups in total. The molecule has 1 saturated heterocycles. The summed E-state index contributed by atoms with van der Waals surface area (Å²) in [4.78, 5) is 40.8. The molecule has 3 aliphatic rings. The zero-order chi connectivity index (χ0) is 31.6. The van der Waals surface area contributed by atoms with E-state index < -0.39 is 0 Å². The molecule has 1 aromatic heterocycles. The van der Waals surface area contributed by atoms with Crippen LogP contribution in [0, 0.1) is 6.92 Å². The van der Waals surface area contributed by atoms with E-state index in [9.17, 15) is 9.59 Å². The number of rotatable bonds is 6. The van der Waals surface area contributed by atoms with Gasteiger partial charge in [0, 0.05) is 36.9 Å². The molecule has 0 aliphatic carbocycles. The summed E-state index contributed by atoms with van der Waals surface area (Å²) in [6.07, 6.45) is 7.26. The van der Waals surface area contributed by atoms with Crippen molar-refractivity contribution in [1.82, 2.24) is 14.8 Å². The van der Waals surface area contributed by atoms with E-state index in [0.29, 0.717) is 50.0 Å². The van der Waals surface area contributed by atoms with Gasteiger partial charge in [-0.15, -0.1) is 0 Å². The molecule has 0 atom stereocenters. The van der Waals surface area contributed by atoms with Gasteiger partial charge in [-0.05, 0) is 59.9 Å². The van der Waals surface area contributed by atoms with E-state index >= 15 is 0 Å². The van der Waals surface area contributed by atoms with Gasteiger partial charge in [0.05, 0.1) is 30.7 Å². The van der Waals surface area contributed by atoms with Crippen molar-refractivity contribution in [3.05, 3.63) is 102 Å². The molecule has 3 amide bonds. The third-order valence-corrected chi connectivity index (χ3v) is 7.99. The monoisotopic (exact) mass is 606 g/mol. The second kappa shape index (κ2) is 12.5. The quantitative estimate of drug-likeness (QED) is 0.317. The molecule has 2 aromatic carbocycles. The number of nitrogens with zero attached hydrogens (tertiary/aromatic N) is 5. The van der Waals surface area contributed by atoms with Crippen LogP contribution in [0.5, 0.6) is 0 Å². The number of aliphatic imine (C=N–C) groups is 1. The smallest absolute Gasteiger partial charge is 0.323 e. The summed E-state index contributed by atoms with van der Waals surface area (Å²) in [5, 5.41) is 9.32. The number of nitrogens with one attached hydrogen (secondary N) is 3. The lowest BCUT2D eigenvalue weighted by Crippen LogP contribution is -2.46. The number of carbonyl (C=O) groups is 2. The summed E-state index contributed by atoms with van der Waals surface area (Å²) in [5.41, 5.74) is 5.81. The van der Waals surface area contributed by atoms with Crippen LogP contribution in [0.4, 0.5) is 27.7 Å². The minimum absolute atomic E-state index is 0.0405. The Balaban J connectivity index is 1.17. The summed E-state index contributed by atoms with van der Waals surface area (Å²) < 4.78 is 5.36. The van der Waals surface area contributed by atoms with E-state index in [2.05, 4.69) is 51.6 Å². The Morgan fingerprint density at radius 2 is 1.76 bits per heavy atom. The molecule has 0 spiro atoms. The van der Waals surface area contributed by atoms with E-state index in [1.807, 2.05) is 66.7 Å². The minimum atomic E-state index is -0.311. The van der Waals surface area contributed by atoms with Gasteiger partial charge in [0.2, 0.25) is 6.67 Å². The van der Waals surface area contributed by atoms with Crippen molar-refractivity contribution in [3.63, 3.8) is 0 Å². The summed E-state index contributed by atoms with van der Waals surface area (Å²) in [5.74, 6) is 1.31. The van der Waals surface area contributed by atoms with Crippen LogP contribution < -0.4 is 25.8 Å². The lowest BCUT2D eigenvalue weighted by Gasteiger charge is -2.28. The Kier molecular flexibility index (Phi) is 8.38. The maximum Gasteiger partial charge on any atom is 0.323 e. The van der Waals surface area contributed by atoms with Crippen molar-refractivity contribution in [3.8, 4) is 0 Å². The SMILES string of the molecule is Cc1c(NC(=O)Nc2ccc(C(C)(C)C)cc2)cccc1N1C=C(Nc2ccc(C(=O)N3CCOCC3)cn2)C2=NC=C[N+]2C1. The standard InChI is InChI=1S/C34H38N8O3/c1-23-27(39-33(44)37-26-11-9-25(10-12-26)34(2,3)4)6-5-7-29(23)42-21-28(31-35-14-15-41(31)22-42)38-30-13-8-24(20-36-30)32(43)40-16-18-45-19-17-40/h5-15,20-21H,16-19,22H2,1-4H3,(H,36,38)(H2,37,39,44)/q+1. The number of aromatic nitrogens is 1. The van der Waals surface area contributed by atoms with Gasteiger partial charge in [0.15, 0.2) is 6.20 Å². The van der Waals surface area contributed by atoms with Crippen LogP contribution in [0.15, 0.2) is 90.1 Å². The van der Waals surface area contributed by atoms with E-state index in [-0.39, 0.29) is 17.4 Å². The van der Waals surface area contributed by atoms with Crippen LogP contribution in [0.25, 0.3) is 0 Å². The molecule has 4 heterocycles. The minimum Gasteiger partial charge on any atom is -0.378 e. The number of ether oxygens (including phenoxy) is 1. The zero-order valence-electron chi connectivity index (χ0n) is 26.0. The molecule has 1 fully saturated rings. The predicted molar refractivity (Wildman–Crippen MR) is 178 cm³/mol. The second-order valence-corrected chi connectivity index (χ2v) is 12.2. The first-order chi connectivity index (χ1) is 21.7. The largest absolute Gasteiger partial charge is 0.378 e. The van der Waals surface area contributed by atoms with Crippen molar-refractivity contribution in [1.29, 1.82) is 0 Å². The number of pyridine rings is 1. The van der Waals surface area contributed by atoms with Crippen molar-refractivity contribution in [2.75, 3.05) is 53.8 Å². The number of urea groups is 1. The van der Waals surface area contributed by atoms with Gasteiger partial charge in [-0.25, -0.2) is 9.78 Å². The van der Waals surface area contributed by atoms with Gasteiger partial charge in [-0.1, -0.05) is 43.9 Å². The van der Waals surface area contributed by atoms with Crippen molar-refractivity contribution < 1.29 is 14.3 Å². The van der Waals surface area contributed by atoms with Crippen molar-refractivity contribution >= 4 is 40.7 Å². The first-order valence-electron chi connectivity index (χ1n) is 15.0. The maximum absolute atomic E-state index is 12.9. The molecule has 3 aromatic rings. The molecular formula is C34H38N8O3+. The molecule has 0 saturated carbocycles. The van der Waals surface area contributed by atoms with Gasteiger partial charge in [-0.3, -0.25) is 9.69 Å². The van der Waals surface area contributed by atoms with E-state index in [4.69, 9.17) is 4.74 Å². The fourth-order valence-electron chi connectivity index (χ4n) is 5.41. The first-order valence-corrected chi connectivity index (χ1v) is 15.0. The molecule has 6 rings (SSSR count). The molecule has 45 heavy (non-hydrogen) atoms. The molecule has 11 nitrogen and oxygen atoms in total. The van der Waals surface area contributed by atoms with E-state index in [1.54, 1.807) is 29.4 Å². The third-order valence-electron chi connectivity index (χ3n) is 7.99. The Morgan fingerprint density at radius 1 is 0.978 bits per heavy atom. The predicted octanol–water partition coefficient (Wildman–Crippen LogP) is 5.56. The van der Waals surface area contributed by atoms with E-state index in [1.165, 1.54) is 5.56 Å². The third kappa shape index (κ3) is 6.74. The Bertz CT molecular complexity index is 1670. The number of benzene rings is 2. The number of amidine groups is 1. The van der Waals surface area contributed by atoms with Crippen molar-refractivity contribution in [2.24, 2.45) is 4.99 Å². The number of anilines is 4. The van der Waals surface area contributed by atoms with Crippen LogP contribution >= 0.6 is 0 Å². The molecule has 0 bridgehead atoms. The molecule has 1 radical (unpaired) electrons. The summed E-state index contributed by atoms with van der Waals surface area (Å²) >= 11 is 0. The molecule has 0 unspecified atom stereocenters. The Morgan fingerprint density at radius 3 is 2.47 bits per heavy atom. The number of hydrogen-bond donors (Lipinski definition) is 3. The number of amides is 3. The highest BCUT2D eigenvalue weighted by Gasteiger charge is 2.37. The average Bonchev–Trinajstić information content (AvgIpc) is 3.52. The Labute approximate surface area is 263 Å². The van der Waals surface area contributed by atoms with E-state index in [0.717, 1.165) is 28.5 Å². The van der Waals surface area contributed by atoms with Crippen LogP contribution in [0.1, 0.15) is 42.3 Å². The highest BCUT2D eigenvalue weighted by Crippen LogP contribution is 2.31. The summed E-state index contributed by atoms with van der Waals surface area (Å²) in [6, 6.07) is 17.0. The zero-order valence-corrected chi connectivity index (χ0v) is 26.0. The van der Waals surface area contributed by atoms with Gasteiger partial charge >= 0.3 is 11.9 Å². The number of hydrogen-bond acceptors (Lipinski definition) is 8. The topological polar surface area (TPSA) is 117 Å². The highest BCUT2D eigenvalue weighted by atomic mass is 16.5. The van der Waals surface area contributed by atoms with Crippen LogP contribution in [0.3, 0.4) is 0 Å². The lowest BCUT2D eigenvalue weighted by atomic mass is 9.87. The van der Waals surface area contributed by atoms with Gasteiger partial charge in [0.25, 0.3) is 5.91 Å². The fraction of sp³-hybridized carbons (Fsp3) is 0.294. The first kappa shape index (κ1) is 30.0. The normalized spacial score (nSPS) is 16.5. The highest BCUT2D eigenvalue weighted by molar-refractivity contribution is 6.06. The maximum atomic E-state index is 12.9. The van der Waals surface area contributed by atoms with Crippen LogP contribution in [-0.4, -0.2) is 60.6 Å². The average molecular weight is 607 g/mol. The van der Waals surface area contributed by atoms with Crippen molar-refractivity contribution in [2.45, 2.75) is 33.1 Å². The molecular weight excluding hydrogens is 568 g/mol. The number of fused-ring (bicyclic) bond motifs is 1. The van der Waals surface area contributed by atoms with Gasteiger partial charge in [0.1, 0.15) is 11.5 Å². The van der Waals surface area contributed by atoms with Gasteiger partial charge < -0.3 is 25.6 Å². The molecule has 3 aliphatic heterocycles. The second-order valence-electron chi connectivity index (χ2n) is 12.2. The lowest BCUT2D eigenvalue weighted by molar-refractivity contribution is 0.0302. The Hall–Kier alpha value is -5.00. The molecule has 231 valence electrons. The van der Waals surface area contributed by atoms with Crippen LogP contribution in [0.2, 0.25) is 0 Å². The summed E-state index contributed by atoms with van der Waals surface area (Å²) in [7, 11) is 0.